The summed E-state index contributed by atoms with van der Waals surface area (Å²) in [5, 5.41) is 0. The van der Waals surface area contributed by atoms with Crippen LogP contribution in [-0.4, -0.2) is 30.4 Å². The molecule has 0 atom stereocenters. The second kappa shape index (κ2) is 6.28. The maximum atomic E-state index is 11.6. The van der Waals surface area contributed by atoms with Gasteiger partial charge in [-0.05, 0) is 50.3 Å². The van der Waals surface area contributed by atoms with Crippen molar-refractivity contribution < 1.29 is 9.59 Å². The molecule has 0 amide bonds. The van der Waals surface area contributed by atoms with Crippen molar-refractivity contribution in [1.29, 1.82) is 0 Å². The lowest BCUT2D eigenvalue weighted by Crippen LogP contribution is -2.21. The smallest absolute Gasteiger partial charge is 0.200 e. The van der Waals surface area contributed by atoms with Crippen LogP contribution >= 0.6 is 0 Å². The topological polar surface area (TPSA) is 49.7 Å². The molecule has 0 N–H and O–H groups in total. The fraction of sp³-hybridized carbons (Fsp3) is 0.312. The van der Waals surface area contributed by atoms with E-state index in [1.54, 1.807) is 0 Å². The van der Waals surface area contributed by atoms with E-state index in [0.717, 1.165) is 18.8 Å². The summed E-state index contributed by atoms with van der Waals surface area (Å²) < 4.78 is 0. The minimum absolute atomic E-state index is 0.0805. The van der Waals surface area contributed by atoms with Gasteiger partial charge in [0.2, 0.25) is 5.78 Å². The van der Waals surface area contributed by atoms with Crippen molar-refractivity contribution in [3.63, 3.8) is 0 Å². The van der Waals surface area contributed by atoms with E-state index >= 15 is 0 Å². The molecule has 0 bridgehead atoms. The first-order valence-corrected chi connectivity index (χ1v) is 6.81. The monoisotopic (exact) mass is 270 g/mol. The molecular weight excluding hydrogens is 252 g/mol. The molecule has 0 saturated heterocycles. The van der Waals surface area contributed by atoms with Gasteiger partial charge in [-0.25, -0.2) is 4.99 Å². The summed E-state index contributed by atoms with van der Waals surface area (Å²) in [6, 6.07) is 7.71. The molecule has 0 heterocycles. The number of hydrogen-bond donors (Lipinski definition) is 0. The van der Waals surface area contributed by atoms with E-state index in [9.17, 15) is 9.59 Å². The summed E-state index contributed by atoms with van der Waals surface area (Å²) >= 11 is 0. The van der Waals surface area contributed by atoms with Crippen LogP contribution in [0.25, 0.3) is 0 Å². The standard InChI is InChI=1S/C16H18N2O2/c1-3-18(4-2)13-7-5-12(6-8-13)17-15-11-14(19)9-10-16(15)20/h5-10H,3-4,11H2,1-2H3. The Morgan fingerprint density at radius 3 is 2.30 bits per heavy atom. The molecule has 104 valence electrons. The zero-order valence-electron chi connectivity index (χ0n) is 11.8. The Kier molecular flexibility index (Phi) is 4.45. The Morgan fingerprint density at radius 1 is 1.05 bits per heavy atom. The molecule has 0 radical (unpaired) electrons. The van der Waals surface area contributed by atoms with Crippen LogP contribution in [0.4, 0.5) is 11.4 Å². The zero-order valence-corrected chi connectivity index (χ0v) is 11.8. The van der Waals surface area contributed by atoms with E-state index in [0.29, 0.717) is 11.4 Å². The van der Waals surface area contributed by atoms with Crippen molar-refractivity contribution in [2.24, 2.45) is 4.99 Å². The fourth-order valence-corrected chi connectivity index (χ4v) is 2.15. The van der Waals surface area contributed by atoms with Crippen LogP contribution in [0, 0.1) is 0 Å². The van der Waals surface area contributed by atoms with E-state index in [1.807, 2.05) is 24.3 Å². The second-order valence-electron chi connectivity index (χ2n) is 4.59. The molecule has 2 rings (SSSR count). The van der Waals surface area contributed by atoms with Gasteiger partial charge in [0.05, 0.1) is 17.8 Å². The van der Waals surface area contributed by atoms with Crippen molar-refractivity contribution in [2.75, 3.05) is 18.0 Å². The largest absolute Gasteiger partial charge is 0.372 e. The molecule has 4 nitrogen and oxygen atoms in total. The Hall–Kier alpha value is -2.23. The van der Waals surface area contributed by atoms with Gasteiger partial charge in [-0.3, -0.25) is 9.59 Å². The highest BCUT2D eigenvalue weighted by Gasteiger charge is 2.17. The first-order valence-electron chi connectivity index (χ1n) is 6.81. The minimum Gasteiger partial charge on any atom is -0.372 e. The third kappa shape index (κ3) is 3.20. The highest BCUT2D eigenvalue weighted by Crippen LogP contribution is 2.20. The van der Waals surface area contributed by atoms with E-state index in [4.69, 9.17) is 0 Å². The third-order valence-corrected chi connectivity index (χ3v) is 3.29. The first kappa shape index (κ1) is 14.2. The van der Waals surface area contributed by atoms with Crippen LogP contribution in [0.5, 0.6) is 0 Å². The van der Waals surface area contributed by atoms with Crippen LogP contribution in [0.1, 0.15) is 20.3 Å². The summed E-state index contributed by atoms with van der Waals surface area (Å²) in [4.78, 5) is 29.4. The van der Waals surface area contributed by atoms with E-state index < -0.39 is 0 Å². The summed E-state index contributed by atoms with van der Waals surface area (Å²) in [5.74, 6) is -0.263. The maximum Gasteiger partial charge on any atom is 0.200 e. The summed E-state index contributed by atoms with van der Waals surface area (Å²) in [6.07, 6.45) is 2.69. The van der Waals surface area contributed by atoms with Gasteiger partial charge in [0.25, 0.3) is 0 Å². The van der Waals surface area contributed by atoms with Gasteiger partial charge in [0.1, 0.15) is 0 Å². The number of rotatable bonds is 4. The molecule has 1 aliphatic carbocycles. The van der Waals surface area contributed by atoms with Gasteiger partial charge in [-0.15, -0.1) is 0 Å². The Balaban J connectivity index is 2.20. The van der Waals surface area contributed by atoms with Crippen LogP contribution in [0.2, 0.25) is 0 Å². The number of nitrogens with zero attached hydrogens (tertiary/aromatic N) is 2. The predicted octanol–water partition coefficient (Wildman–Crippen LogP) is 2.70. The molecule has 0 unspecified atom stereocenters. The number of anilines is 1. The molecule has 0 aromatic heterocycles. The Morgan fingerprint density at radius 2 is 1.70 bits per heavy atom. The van der Waals surface area contributed by atoms with Gasteiger partial charge in [0.15, 0.2) is 5.78 Å². The molecule has 0 saturated carbocycles. The van der Waals surface area contributed by atoms with Crippen molar-refractivity contribution in [1.82, 2.24) is 0 Å². The molecule has 0 spiro atoms. The van der Waals surface area contributed by atoms with Gasteiger partial charge in [-0.1, -0.05) is 0 Å². The van der Waals surface area contributed by atoms with Gasteiger partial charge < -0.3 is 4.90 Å². The summed E-state index contributed by atoms with van der Waals surface area (Å²) in [7, 11) is 0. The second-order valence-corrected chi connectivity index (χ2v) is 4.59. The average Bonchev–Trinajstić information content (AvgIpc) is 2.46. The predicted molar refractivity (Wildman–Crippen MR) is 80.9 cm³/mol. The molecule has 20 heavy (non-hydrogen) atoms. The van der Waals surface area contributed by atoms with E-state index in [1.165, 1.54) is 12.2 Å². The normalized spacial score (nSPS) is 16.8. The van der Waals surface area contributed by atoms with Gasteiger partial charge in [-0.2, -0.15) is 0 Å². The number of ketones is 2. The number of aliphatic imine (C=N–C) groups is 1. The third-order valence-electron chi connectivity index (χ3n) is 3.29. The lowest BCUT2D eigenvalue weighted by Gasteiger charge is -2.20. The molecule has 1 aromatic carbocycles. The summed E-state index contributed by atoms with van der Waals surface area (Å²) in [6.45, 7) is 6.11. The minimum atomic E-state index is -0.183. The number of carbonyl (C=O) groups is 2. The molecule has 4 heteroatoms. The van der Waals surface area contributed by atoms with Crippen LogP contribution in [0.3, 0.4) is 0 Å². The molecule has 0 aliphatic heterocycles. The average molecular weight is 270 g/mol. The molecule has 1 aromatic rings. The molecule has 1 aliphatic rings. The van der Waals surface area contributed by atoms with Crippen molar-refractivity contribution in [3.8, 4) is 0 Å². The van der Waals surface area contributed by atoms with Crippen molar-refractivity contribution in [3.05, 3.63) is 36.4 Å². The van der Waals surface area contributed by atoms with E-state index in [-0.39, 0.29) is 18.0 Å². The highest BCUT2D eigenvalue weighted by atomic mass is 16.1. The van der Waals surface area contributed by atoms with E-state index in [2.05, 4.69) is 23.7 Å². The Bertz CT molecular complexity index is 567. The first-order chi connectivity index (χ1) is 9.63. The lowest BCUT2D eigenvalue weighted by atomic mass is 10.0. The van der Waals surface area contributed by atoms with Crippen LogP contribution < -0.4 is 4.90 Å². The van der Waals surface area contributed by atoms with Crippen molar-refractivity contribution in [2.45, 2.75) is 20.3 Å². The number of carbonyl (C=O) groups excluding carboxylic acids is 2. The maximum absolute atomic E-state index is 11.6. The van der Waals surface area contributed by atoms with Gasteiger partial charge >= 0.3 is 0 Å². The quantitative estimate of drug-likeness (QED) is 0.845. The Labute approximate surface area is 118 Å². The van der Waals surface area contributed by atoms with Crippen LogP contribution in [0.15, 0.2) is 41.4 Å². The molecular formula is C16H18N2O2. The number of hydrogen-bond acceptors (Lipinski definition) is 4. The lowest BCUT2D eigenvalue weighted by molar-refractivity contribution is -0.116. The number of benzene rings is 1. The fourth-order valence-electron chi connectivity index (χ4n) is 2.15. The molecule has 0 fully saturated rings. The number of allylic oxidation sites excluding steroid dienone is 2. The zero-order chi connectivity index (χ0) is 14.5. The highest BCUT2D eigenvalue weighted by molar-refractivity contribution is 6.49. The van der Waals surface area contributed by atoms with Crippen LogP contribution in [-0.2, 0) is 9.59 Å². The SMILES string of the molecule is CCN(CC)c1ccc(N=C2CC(=O)C=CC2=O)cc1. The van der Waals surface area contributed by atoms with Gasteiger partial charge in [0, 0.05) is 18.8 Å². The van der Waals surface area contributed by atoms with Crippen molar-refractivity contribution >= 4 is 28.7 Å². The summed E-state index contributed by atoms with van der Waals surface area (Å²) in [5.41, 5.74) is 2.14.